The van der Waals surface area contributed by atoms with Crippen LogP contribution in [0.3, 0.4) is 0 Å². The van der Waals surface area contributed by atoms with E-state index in [-0.39, 0.29) is 16.3 Å². The fourth-order valence-corrected chi connectivity index (χ4v) is 3.38. The van der Waals surface area contributed by atoms with Gasteiger partial charge in [-0.2, -0.15) is 0 Å². The van der Waals surface area contributed by atoms with Gasteiger partial charge in [-0.05, 0) is 24.6 Å². The summed E-state index contributed by atoms with van der Waals surface area (Å²) in [6.45, 7) is 2.09. The van der Waals surface area contributed by atoms with Gasteiger partial charge < -0.3 is 5.73 Å². The summed E-state index contributed by atoms with van der Waals surface area (Å²) < 4.78 is 24.1. The zero-order chi connectivity index (χ0) is 12.9. The van der Waals surface area contributed by atoms with Crippen LogP contribution < -0.4 is 5.73 Å². The van der Waals surface area contributed by atoms with E-state index in [1.54, 1.807) is 6.07 Å². The number of hydrogen-bond acceptors (Lipinski definition) is 3. The molecule has 1 aromatic rings. The van der Waals surface area contributed by atoms with Gasteiger partial charge in [0.2, 0.25) is 0 Å². The van der Waals surface area contributed by atoms with Crippen molar-refractivity contribution < 1.29 is 8.42 Å². The van der Waals surface area contributed by atoms with Crippen molar-refractivity contribution in [1.29, 1.82) is 0 Å². The summed E-state index contributed by atoms with van der Waals surface area (Å²) in [7, 11) is -3.30. The van der Waals surface area contributed by atoms with E-state index < -0.39 is 9.84 Å². The van der Waals surface area contributed by atoms with E-state index in [0.29, 0.717) is 11.4 Å². The predicted octanol–water partition coefficient (Wildman–Crippen LogP) is 3.28. The highest BCUT2D eigenvalue weighted by Crippen LogP contribution is 2.24. The van der Waals surface area contributed by atoms with Gasteiger partial charge in [-0.15, -0.1) is 0 Å². The first kappa shape index (κ1) is 14.3. The lowest BCUT2D eigenvalue weighted by Gasteiger charge is -2.07. The van der Waals surface area contributed by atoms with Crippen molar-refractivity contribution in [2.45, 2.75) is 37.5 Å². The highest BCUT2D eigenvalue weighted by molar-refractivity contribution is 7.91. The normalized spacial score (nSPS) is 11.6. The van der Waals surface area contributed by atoms with E-state index in [4.69, 9.17) is 17.3 Å². The first-order chi connectivity index (χ1) is 7.97. The van der Waals surface area contributed by atoms with Gasteiger partial charge in [0.15, 0.2) is 9.84 Å². The van der Waals surface area contributed by atoms with E-state index >= 15 is 0 Å². The summed E-state index contributed by atoms with van der Waals surface area (Å²) in [6, 6.07) is 4.54. The molecule has 0 saturated heterocycles. The molecule has 0 aliphatic rings. The second kappa shape index (κ2) is 6.26. The largest absolute Gasteiger partial charge is 0.398 e. The molecule has 0 unspecified atom stereocenters. The van der Waals surface area contributed by atoms with E-state index in [2.05, 4.69) is 6.92 Å². The summed E-state index contributed by atoms with van der Waals surface area (Å²) in [6.07, 6.45) is 3.73. The Kier molecular flexibility index (Phi) is 5.28. The lowest BCUT2D eigenvalue weighted by atomic mass is 10.2. The van der Waals surface area contributed by atoms with E-state index in [0.717, 1.165) is 19.3 Å². The van der Waals surface area contributed by atoms with Crippen LogP contribution in [-0.4, -0.2) is 14.2 Å². The molecule has 1 rings (SSSR count). The third-order valence-corrected chi connectivity index (χ3v) is 4.66. The predicted molar refractivity (Wildman–Crippen MR) is 72.1 cm³/mol. The average Bonchev–Trinajstić information content (AvgIpc) is 2.28. The molecule has 0 bridgehead atoms. The van der Waals surface area contributed by atoms with E-state index in [1.807, 2.05) is 0 Å². The van der Waals surface area contributed by atoms with Crippen molar-refractivity contribution >= 4 is 27.1 Å². The summed E-state index contributed by atoms with van der Waals surface area (Å²) >= 11 is 5.79. The Morgan fingerprint density at radius 3 is 2.59 bits per heavy atom. The van der Waals surface area contributed by atoms with Crippen molar-refractivity contribution in [2.24, 2.45) is 0 Å². The lowest BCUT2D eigenvalue weighted by Crippen LogP contribution is -2.09. The molecule has 0 saturated carbocycles. The zero-order valence-corrected chi connectivity index (χ0v) is 11.5. The van der Waals surface area contributed by atoms with Crippen LogP contribution in [-0.2, 0) is 9.84 Å². The van der Waals surface area contributed by atoms with Crippen molar-refractivity contribution in [3.8, 4) is 0 Å². The standard InChI is InChI=1S/C12H18ClNO2S/c1-2-3-4-5-8-17(15,16)12-9-10(13)6-7-11(12)14/h6-7,9H,2-5,8,14H2,1H3. The molecule has 5 heteroatoms. The molecule has 1 aromatic carbocycles. The number of halogens is 1. The molecular weight excluding hydrogens is 258 g/mol. The molecule has 0 amide bonds. The Morgan fingerprint density at radius 1 is 1.24 bits per heavy atom. The molecule has 0 aliphatic carbocycles. The molecule has 0 aliphatic heterocycles. The maximum Gasteiger partial charge on any atom is 0.180 e. The van der Waals surface area contributed by atoms with Crippen LogP contribution >= 0.6 is 11.6 Å². The van der Waals surface area contributed by atoms with E-state index in [9.17, 15) is 8.42 Å². The molecule has 0 atom stereocenters. The maximum atomic E-state index is 12.0. The van der Waals surface area contributed by atoms with Crippen LogP contribution in [0.2, 0.25) is 5.02 Å². The summed E-state index contributed by atoms with van der Waals surface area (Å²) in [4.78, 5) is 0.154. The van der Waals surface area contributed by atoms with Gasteiger partial charge in [-0.1, -0.05) is 37.8 Å². The van der Waals surface area contributed by atoms with Gasteiger partial charge >= 0.3 is 0 Å². The SMILES string of the molecule is CCCCCCS(=O)(=O)c1cc(Cl)ccc1N. The third kappa shape index (κ3) is 4.21. The molecule has 96 valence electrons. The van der Waals surface area contributed by atoms with Gasteiger partial charge in [0.25, 0.3) is 0 Å². The molecule has 17 heavy (non-hydrogen) atoms. The fraction of sp³-hybridized carbons (Fsp3) is 0.500. The number of anilines is 1. The Hall–Kier alpha value is -0.740. The molecule has 0 fully saturated rings. The number of nitrogens with two attached hydrogens (primary N) is 1. The number of hydrogen-bond donors (Lipinski definition) is 1. The monoisotopic (exact) mass is 275 g/mol. The average molecular weight is 276 g/mol. The Labute approximate surface area is 108 Å². The van der Waals surface area contributed by atoms with Crippen LogP contribution in [0.5, 0.6) is 0 Å². The summed E-state index contributed by atoms with van der Waals surface area (Å²) in [5.74, 6) is 0.136. The molecular formula is C12H18ClNO2S. The zero-order valence-electron chi connectivity index (χ0n) is 9.95. The molecule has 0 radical (unpaired) electrons. The Balaban J connectivity index is 2.79. The highest BCUT2D eigenvalue weighted by atomic mass is 35.5. The van der Waals surface area contributed by atoms with Crippen LogP contribution in [0.1, 0.15) is 32.6 Å². The van der Waals surface area contributed by atoms with Crippen molar-refractivity contribution in [1.82, 2.24) is 0 Å². The van der Waals surface area contributed by atoms with Crippen LogP contribution in [0.4, 0.5) is 5.69 Å². The minimum absolute atomic E-state index is 0.136. The van der Waals surface area contributed by atoms with Crippen molar-refractivity contribution in [3.63, 3.8) is 0 Å². The van der Waals surface area contributed by atoms with E-state index in [1.165, 1.54) is 12.1 Å². The first-order valence-electron chi connectivity index (χ1n) is 5.75. The summed E-state index contributed by atoms with van der Waals surface area (Å²) in [5.41, 5.74) is 5.94. The lowest BCUT2D eigenvalue weighted by molar-refractivity contribution is 0.589. The molecule has 3 nitrogen and oxygen atoms in total. The Bertz CT molecular complexity index is 471. The second-order valence-corrected chi connectivity index (χ2v) is 6.58. The first-order valence-corrected chi connectivity index (χ1v) is 7.78. The molecule has 0 spiro atoms. The number of sulfone groups is 1. The minimum atomic E-state index is -3.30. The second-order valence-electron chi connectivity index (χ2n) is 4.06. The maximum absolute atomic E-state index is 12.0. The van der Waals surface area contributed by atoms with Gasteiger partial charge in [0.05, 0.1) is 16.3 Å². The van der Waals surface area contributed by atoms with Crippen LogP contribution in [0, 0.1) is 0 Å². The minimum Gasteiger partial charge on any atom is -0.398 e. The fourth-order valence-electron chi connectivity index (χ4n) is 1.61. The Morgan fingerprint density at radius 2 is 1.94 bits per heavy atom. The smallest absolute Gasteiger partial charge is 0.180 e. The van der Waals surface area contributed by atoms with Gasteiger partial charge in [0, 0.05) is 5.02 Å². The topological polar surface area (TPSA) is 60.2 Å². The third-order valence-electron chi connectivity index (χ3n) is 2.58. The van der Waals surface area contributed by atoms with Crippen LogP contribution in [0.25, 0.3) is 0 Å². The summed E-state index contributed by atoms with van der Waals surface area (Å²) in [5, 5.41) is 0.395. The highest BCUT2D eigenvalue weighted by Gasteiger charge is 2.17. The van der Waals surface area contributed by atoms with Gasteiger partial charge in [-0.3, -0.25) is 0 Å². The molecule has 0 aromatic heterocycles. The number of unbranched alkanes of at least 4 members (excludes halogenated alkanes) is 3. The van der Waals surface area contributed by atoms with Crippen LogP contribution in [0.15, 0.2) is 23.1 Å². The van der Waals surface area contributed by atoms with Gasteiger partial charge in [-0.25, -0.2) is 8.42 Å². The van der Waals surface area contributed by atoms with Crippen molar-refractivity contribution in [3.05, 3.63) is 23.2 Å². The number of benzene rings is 1. The quantitative estimate of drug-likeness (QED) is 0.640. The van der Waals surface area contributed by atoms with Crippen molar-refractivity contribution in [2.75, 3.05) is 11.5 Å². The molecule has 0 heterocycles. The van der Waals surface area contributed by atoms with Gasteiger partial charge in [0.1, 0.15) is 0 Å². The molecule has 2 N–H and O–H groups in total. The number of rotatable bonds is 6. The number of nitrogen functional groups attached to an aromatic ring is 1.